The summed E-state index contributed by atoms with van der Waals surface area (Å²) in [6, 6.07) is 8.74. The lowest BCUT2D eigenvalue weighted by molar-refractivity contribution is 0.124. The molecule has 0 spiro atoms. The molecule has 1 aromatic carbocycles. The van der Waals surface area contributed by atoms with Crippen LogP contribution in [0.25, 0.3) is 0 Å². The Hall–Kier alpha value is -1.06. The maximum atomic E-state index is 5.68. The summed E-state index contributed by atoms with van der Waals surface area (Å²) in [6.45, 7) is 11.0. The van der Waals surface area contributed by atoms with Gasteiger partial charge in [-0.05, 0) is 50.9 Å². The third-order valence-electron chi connectivity index (χ3n) is 3.00. The van der Waals surface area contributed by atoms with Crippen molar-refractivity contribution in [2.75, 3.05) is 19.8 Å². The largest absolute Gasteiger partial charge is 0.491 e. The Kier molecular flexibility index (Phi) is 8.31. The zero-order valence-corrected chi connectivity index (χ0v) is 13.3. The molecule has 114 valence electrons. The van der Waals surface area contributed by atoms with E-state index in [1.807, 2.05) is 26.0 Å². The van der Waals surface area contributed by atoms with E-state index in [0.29, 0.717) is 6.04 Å². The second kappa shape index (κ2) is 9.78. The van der Waals surface area contributed by atoms with E-state index in [2.05, 4.69) is 31.3 Å². The quantitative estimate of drug-likeness (QED) is 0.658. The summed E-state index contributed by atoms with van der Waals surface area (Å²) in [6.07, 6.45) is 2.29. The van der Waals surface area contributed by atoms with E-state index in [1.54, 1.807) is 0 Å². The molecule has 0 aliphatic heterocycles. The monoisotopic (exact) mass is 279 g/mol. The Bertz CT molecular complexity index is 349. The van der Waals surface area contributed by atoms with Gasteiger partial charge in [0, 0.05) is 19.3 Å². The zero-order valence-electron chi connectivity index (χ0n) is 13.3. The lowest BCUT2D eigenvalue weighted by Crippen LogP contribution is -2.22. The van der Waals surface area contributed by atoms with Gasteiger partial charge in [-0.2, -0.15) is 0 Å². The van der Waals surface area contributed by atoms with Crippen molar-refractivity contribution in [2.45, 2.75) is 52.7 Å². The van der Waals surface area contributed by atoms with Crippen molar-refractivity contribution in [3.8, 4) is 5.75 Å². The highest BCUT2D eigenvalue weighted by molar-refractivity contribution is 5.29. The highest BCUT2D eigenvalue weighted by Crippen LogP contribution is 2.21. The van der Waals surface area contributed by atoms with Gasteiger partial charge in [0.25, 0.3) is 0 Å². The summed E-state index contributed by atoms with van der Waals surface area (Å²) in [7, 11) is 0. The van der Waals surface area contributed by atoms with Crippen LogP contribution in [0.15, 0.2) is 24.3 Å². The Balaban J connectivity index is 2.56. The maximum absolute atomic E-state index is 5.68. The molecule has 1 aromatic rings. The van der Waals surface area contributed by atoms with Gasteiger partial charge in [0.05, 0.1) is 6.10 Å². The normalized spacial score (nSPS) is 12.7. The summed E-state index contributed by atoms with van der Waals surface area (Å²) < 4.78 is 11.3. The Morgan fingerprint density at radius 2 is 1.75 bits per heavy atom. The molecule has 0 aliphatic rings. The van der Waals surface area contributed by atoms with Crippen LogP contribution in [0.5, 0.6) is 5.75 Å². The van der Waals surface area contributed by atoms with E-state index < -0.39 is 0 Å². The molecule has 0 heterocycles. The van der Waals surface area contributed by atoms with Crippen LogP contribution in [-0.4, -0.2) is 25.9 Å². The van der Waals surface area contributed by atoms with E-state index in [0.717, 1.165) is 38.3 Å². The first-order valence-electron chi connectivity index (χ1n) is 7.75. The second-order valence-corrected chi connectivity index (χ2v) is 5.25. The first-order valence-corrected chi connectivity index (χ1v) is 7.75. The van der Waals surface area contributed by atoms with Gasteiger partial charge in [-0.15, -0.1) is 0 Å². The first-order chi connectivity index (χ1) is 9.67. The SMILES string of the molecule is CCCOCCC(NCC)c1ccc(OC(C)C)cc1. The fourth-order valence-corrected chi connectivity index (χ4v) is 2.13. The third kappa shape index (κ3) is 6.40. The number of benzene rings is 1. The molecule has 0 saturated carbocycles. The van der Waals surface area contributed by atoms with Gasteiger partial charge in [-0.1, -0.05) is 26.0 Å². The van der Waals surface area contributed by atoms with Gasteiger partial charge in [0.1, 0.15) is 5.75 Å². The van der Waals surface area contributed by atoms with Crippen LogP contribution in [0.2, 0.25) is 0 Å². The van der Waals surface area contributed by atoms with Gasteiger partial charge in [0.2, 0.25) is 0 Å². The van der Waals surface area contributed by atoms with Crippen molar-refractivity contribution in [1.82, 2.24) is 5.32 Å². The molecule has 1 rings (SSSR count). The molecule has 1 atom stereocenters. The smallest absolute Gasteiger partial charge is 0.119 e. The van der Waals surface area contributed by atoms with Gasteiger partial charge < -0.3 is 14.8 Å². The molecule has 20 heavy (non-hydrogen) atoms. The minimum atomic E-state index is 0.216. The summed E-state index contributed by atoms with van der Waals surface area (Å²) in [5.41, 5.74) is 1.29. The third-order valence-corrected chi connectivity index (χ3v) is 3.00. The molecule has 3 heteroatoms. The maximum Gasteiger partial charge on any atom is 0.119 e. The van der Waals surface area contributed by atoms with Crippen LogP contribution in [0, 0.1) is 0 Å². The van der Waals surface area contributed by atoms with Crippen LogP contribution in [0.3, 0.4) is 0 Å². The van der Waals surface area contributed by atoms with Crippen LogP contribution in [0.1, 0.15) is 52.1 Å². The predicted molar refractivity (Wildman–Crippen MR) is 84.4 cm³/mol. The molecule has 0 amide bonds. The van der Waals surface area contributed by atoms with Crippen molar-refractivity contribution in [1.29, 1.82) is 0 Å². The van der Waals surface area contributed by atoms with Crippen LogP contribution in [-0.2, 0) is 4.74 Å². The van der Waals surface area contributed by atoms with Crippen molar-refractivity contribution < 1.29 is 9.47 Å². The molecule has 0 bridgehead atoms. The topological polar surface area (TPSA) is 30.5 Å². The van der Waals surface area contributed by atoms with Gasteiger partial charge in [-0.3, -0.25) is 0 Å². The first kappa shape index (κ1) is 17.0. The Labute approximate surface area is 123 Å². The predicted octanol–water partition coefficient (Wildman–Crippen LogP) is 3.94. The van der Waals surface area contributed by atoms with Crippen molar-refractivity contribution in [3.63, 3.8) is 0 Å². The van der Waals surface area contributed by atoms with E-state index >= 15 is 0 Å². The lowest BCUT2D eigenvalue weighted by atomic mass is 10.0. The van der Waals surface area contributed by atoms with Gasteiger partial charge >= 0.3 is 0 Å². The van der Waals surface area contributed by atoms with E-state index in [4.69, 9.17) is 9.47 Å². The Morgan fingerprint density at radius 1 is 1.05 bits per heavy atom. The molecule has 1 N–H and O–H groups in total. The summed E-state index contributed by atoms with van der Waals surface area (Å²) in [4.78, 5) is 0. The zero-order chi connectivity index (χ0) is 14.8. The molecule has 0 fully saturated rings. The number of ether oxygens (including phenoxy) is 2. The van der Waals surface area contributed by atoms with Crippen molar-refractivity contribution in [2.24, 2.45) is 0 Å². The molecule has 3 nitrogen and oxygen atoms in total. The Morgan fingerprint density at radius 3 is 2.30 bits per heavy atom. The highest BCUT2D eigenvalue weighted by Gasteiger charge is 2.10. The summed E-state index contributed by atoms with van der Waals surface area (Å²) in [5.74, 6) is 0.932. The molecular formula is C17H29NO2. The molecule has 0 aromatic heterocycles. The average molecular weight is 279 g/mol. The van der Waals surface area contributed by atoms with Crippen molar-refractivity contribution >= 4 is 0 Å². The van der Waals surface area contributed by atoms with E-state index in [1.165, 1.54) is 5.56 Å². The number of hydrogen-bond acceptors (Lipinski definition) is 3. The van der Waals surface area contributed by atoms with Gasteiger partial charge in [-0.25, -0.2) is 0 Å². The highest BCUT2D eigenvalue weighted by atomic mass is 16.5. The lowest BCUT2D eigenvalue weighted by Gasteiger charge is -2.19. The summed E-state index contributed by atoms with van der Waals surface area (Å²) >= 11 is 0. The van der Waals surface area contributed by atoms with Crippen LogP contribution < -0.4 is 10.1 Å². The fraction of sp³-hybridized carbons (Fsp3) is 0.647. The summed E-state index contributed by atoms with van der Waals surface area (Å²) in [5, 5.41) is 3.52. The molecule has 0 radical (unpaired) electrons. The number of nitrogens with one attached hydrogen (secondary N) is 1. The average Bonchev–Trinajstić information content (AvgIpc) is 2.43. The molecule has 1 unspecified atom stereocenters. The molecular weight excluding hydrogens is 250 g/mol. The van der Waals surface area contributed by atoms with Crippen molar-refractivity contribution in [3.05, 3.63) is 29.8 Å². The van der Waals surface area contributed by atoms with E-state index in [-0.39, 0.29) is 6.10 Å². The van der Waals surface area contributed by atoms with Crippen LogP contribution in [0.4, 0.5) is 0 Å². The minimum Gasteiger partial charge on any atom is -0.491 e. The molecule has 0 aliphatic carbocycles. The standard InChI is InChI=1S/C17H29NO2/c1-5-12-19-13-11-17(18-6-2)15-7-9-16(10-8-15)20-14(3)4/h7-10,14,17-18H,5-6,11-13H2,1-4H3. The molecule has 0 saturated heterocycles. The van der Waals surface area contributed by atoms with Gasteiger partial charge in [0.15, 0.2) is 0 Å². The van der Waals surface area contributed by atoms with Crippen LogP contribution >= 0.6 is 0 Å². The number of hydrogen-bond donors (Lipinski definition) is 1. The minimum absolute atomic E-state index is 0.216. The second-order valence-electron chi connectivity index (χ2n) is 5.25. The fourth-order valence-electron chi connectivity index (χ4n) is 2.13. The number of rotatable bonds is 10. The van der Waals surface area contributed by atoms with E-state index in [9.17, 15) is 0 Å².